The second-order valence-corrected chi connectivity index (χ2v) is 7.72. The van der Waals surface area contributed by atoms with Crippen molar-refractivity contribution in [1.82, 2.24) is 14.9 Å². The number of aliphatic hydroxyl groups is 1. The van der Waals surface area contributed by atoms with Gasteiger partial charge in [-0.15, -0.1) is 0 Å². The monoisotopic (exact) mass is 485 g/mol. The lowest BCUT2D eigenvalue weighted by Crippen LogP contribution is -2.23. The fourth-order valence-corrected chi connectivity index (χ4v) is 3.37. The molecule has 33 heavy (non-hydrogen) atoms. The summed E-state index contributed by atoms with van der Waals surface area (Å²) in [6, 6.07) is 6.77. The first-order valence-electron chi connectivity index (χ1n) is 9.92. The maximum atomic E-state index is 14.1. The van der Waals surface area contributed by atoms with Crippen molar-refractivity contribution in [2.24, 2.45) is 0 Å². The van der Waals surface area contributed by atoms with Crippen LogP contribution in [0.2, 0.25) is 5.02 Å². The summed E-state index contributed by atoms with van der Waals surface area (Å²) in [6.07, 6.45) is -4.96. The molecule has 2 aromatic heterocycles. The summed E-state index contributed by atoms with van der Waals surface area (Å²) in [5.41, 5.74) is -0.0674. The Morgan fingerprint density at radius 1 is 1.27 bits per heavy atom. The maximum Gasteiger partial charge on any atom is 0.433 e. The van der Waals surface area contributed by atoms with E-state index in [1.165, 1.54) is 14.0 Å². The Hall–Kier alpha value is -2.66. The molecule has 178 valence electrons. The van der Waals surface area contributed by atoms with Gasteiger partial charge in [0.2, 0.25) is 0 Å². The normalized spacial score (nSPS) is 12.8. The smallest absolute Gasteiger partial charge is 0.387 e. The molecule has 0 aliphatic carbocycles. The molecule has 0 spiro atoms. The molecule has 0 fully saturated rings. The van der Waals surface area contributed by atoms with Gasteiger partial charge in [-0.05, 0) is 13.0 Å². The zero-order valence-corrected chi connectivity index (χ0v) is 18.8. The van der Waals surface area contributed by atoms with Gasteiger partial charge in [-0.2, -0.15) is 18.3 Å². The van der Waals surface area contributed by atoms with Gasteiger partial charge in [0.15, 0.2) is 11.5 Å². The fraction of sp³-hybridized carbons (Fsp3) is 0.364. The van der Waals surface area contributed by atoms with Crippen LogP contribution in [0.5, 0.6) is 0 Å². The van der Waals surface area contributed by atoms with E-state index >= 15 is 0 Å². The molecule has 2 heterocycles. The van der Waals surface area contributed by atoms with Crippen molar-refractivity contribution < 1.29 is 32.3 Å². The third-order valence-corrected chi connectivity index (χ3v) is 5.19. The number of ether oxygens (including phenoxy) is 2. The van der Waals surface area contributed by atoms with Gasteiger partial charge in [-0.1, -0.05) is 47.1 Å². The SMILES string of the molecule is C=C(C)[C@H](O)Cn1ncc(-c2onc(-c3ccccc3Cl)c2COCCOC)c1C(F)(F)F. The van der Waals surface area contributed by atoms with Crippen LogP contribution in [0.25, 0.3) is 22.6 Å². The van der Waals surface area contributed by atoms with Gasteiger partial charge in [0.25, 0.3) is 0 Å². The molecule has 1 aromatic carbocycles. The number of aromatic nitrogens is 3. The lowest BCUT2D eigenvalue weighted by Gasteiger charge is -2.15. The number of alkyl halides is 3. The van der Waals surface area contributed by atoms with E-state index in [9.17, 15) is 18.3 Å². The molecule has 11 heteroatoms. The highest BCUT2D eigenvalue weighted by Gasteiger charge is 2.41. The number of halogens is 4. The van der Waals surface area contributed by atoms with Crippen LogP contribution < -0.4 is 0 Å². The van der Waals surface area contributed by atoms with Gasteiger partial charge in [0.1, 0.15) is 5.69 Å². The lowest BCUT2D eigenvalue weighted by molar-refractivity contribution is -0.144. The van der Waals surface area contributed by atoms with E-state index in [-0.39, 0.29) is 35.8 Å². The van der Waals surface area contributed by atoms with Crippen molar-refractivity contribution >= 4 is 11.6 Å². The Balaban J connectivity index is 2.13. The minimum Gasteiger partial charge on any atom is -0.387 e. The molecule has 0 aliphatic heterocycles. The number of aliphatic hydroxyl groups excluding tert-OH is 1. The average Bonchev–Trinajstić information content (AvgIpc) is 3.35. The molecule has 0 saturated heterocycles. The van der Waals surface area contributed by atoms with Crippen LogP contribution in [0.3, 0.4) is 0 Å². The van der Waals surface area contributed by atoms with E-state index in [1.54, 1.807) is 24.3 Å². The topological polar surface area (TPSA) is 82.5 Å². The van der Waals surface area contributed by atoms with Crippen molar-refractivity contribution in [2.45, 2.75) is 32.4 Å². The number of methoxy groups -OCH3 is 1. The van der Waals surface area contributed by atoms with Crippen molar-refractivity contribution in [1.29, 1.82) is 0 Å². The van der Waals surface area contributed by atoms with Crippen LogP contribution >= 0.6 is 11.6 Å². The zero-order chi connectivity index (χ0) is 24.2. The fourth-order valence-electron chi connectivity index (χ4n) is 3.14. The highest BCUT2D eigenvalue weighted by atomic mass is 35.5. The molecule has 0 radical (unpaired) electrons. The Morgan fingerprint density at radius 2 is 2.00 bits per heavy atom. The summed E-state index contributed by atoms with van der Waals surface area (Å²) in [4.78, 5) is 0. The van der Waals surface area contributed by atoms with Crippen LogP contribution in [0.1, 0.15) is 18.2 Å². The second kappa shape index (κ2) is 10.5. The van der Waals surface area contributed by atoms with Crippen LogP contribution in [0.4, 0.5) is 13.2 Å². The van der Waals surface area contributed by atoms with Crippen LogP contribution in [0.15, 0.2) is 47.1 Å². The molecule has 7 nitrogen and oxygen atoms in total. The minimum absolute atomic E-state index is 0.0976. The Morgan fingerprint density at radius 3 is 2.64 bits per heavy atom. The van der Waals surface area contributed by atoms with Crippen molar-refractivity contribution in [3.8, 4) is 22.6 Å². The lowest BCUT2D eigenvalue weighted by atomic mass is 10.0. The Kier molecular flexibility index (Phi) is 7.96. The number of nitrogens with zero attached hydrogens (tertiary/aromatic N) is 3. The molecule has 0 unspecified atom stereocenters. The second-order valence-electron chi connectivity index (χ2n) is 7.31. The van der Waals surface area contributed by atoms with Gasteiger partial charge < -0.3 is 19.1 Å². The third-order valence-electron chi connectivity index (χ3n) is 4.86. The van der Waals surface area contributed by atoms with Crippen LogP contribution in [-0.2, 0) is 28.8 Å². The summed E-state index contributed by atoms with van der Waals surface area (Å²) < 4.78 is 58.8. The number of rotatable bonds is 10. The summed E-state index contributed by atoms with van der Waals surface area (Å²) in [7, 11) is 1.51. The molecule has 3 aromatic rings. The predicted octanol–water partition coefficient (Wildman–Crippen LogP) is 4.98. The van der Waals surface area contributed by atoms with Crippen molar-refractivity contribution in [3.05, 3.63) is 58.9 Å². The van der Waals surface area contributed by atoms with E-state index < -0.39 is 24.5 Å². The summed E-state index contributed by atoms with van der Waals surface area (Å²) in [6.45, 7) is 5.08. The van der Waals surface area contributed by atoms with E-state index in [1.807, 2.05) is 0 Å². The van der Waals surface area contributed by atoms with Crippen molar-refractivity contribution in [3.63, 3.8) is 0 Å². The van der Waals surface area contributed by atoms with E-state index in [0.717, 1.165) is 6.20 Å². The van der Waals surface area contributed by atoms with E-state index in [0.29, 0.717) is 27.4 Å². The van der Waals surface area contributed by atoms with Gasteiger partial charge in [-0.3, -0.25) is 4.68 Å². The summed E-state index contributed by atoms with van der Waals surface area (Å²) in [5.74, 6) is -0.147. The highest BCUT2D eigenvalue weighted by molar-refractivity contribution is 6.33. The van der Waals surface area contributed by atoms with E-state index in [2.05, 4.69) is 16.8 Å². The highest BCUT2D eigenvalue weighted by Crippen LogP contribution is 2.42. The summed E-state index contributed by atoms with van der Waals surface area (Å²) in [5, 5.41) is 18.3. The van der Waals surface area contributed by atoms with Gasteiger partial charge in [0, 0.05) is 12.7 Å². The first kappa shape index (κ1) is 25.0. The molecule has 3 rings (SSSR count). The molecule has 1 N–H and O–H groups in total. The number of benzene rings is 1. The molecule has 1 atom stereocenters. The summed E-state index contributed by atoms with van der Waals surface area (Å²) >= 11 is 6.29. The van der Waals surface area contributed by atoms with E-state index in [4.69, 9.17) is 25.6 Å². The number of hydrogen-bond donors (Lipinski definition) is 1. The quantitative estimate of drug-likeness (QED) is 0.322. The zero-order valence-electron chi connectivity index (χ0n) is 18.0. The molecular formula is C22H23ClF3N3O4. The Bertz CT molecular complexity index is 1110. The minimum atomic E-state index is -4.79. The average molecular weight is 486 g/mol. The maximum absolute atomic E-state index is 14.1. The third kappa shape index (κ3) is 5.64. The van der Waals surface area contributed by atoms with Crippen LogP contribution in [0, 0.1) is 0 Å². The largest absolute Gasteiger partial charge is 0.433 e. The first-order valence-corrected chi connectivity index (χ1v) is 10.3. The van der Waals surface area contributed by atoms with Crippen molar-refractivity contribution in [2.75, 3.05) is 20.3 Å². The Labute approximate surface area is 193 Å². The first-order chi connectivity index (χ1) is 15.6. The van der Waals surface area contributed by atoms with Crippen LogP contribution in [-0.4, -0.2) is 46.5 Å². The molecule has 0 aliphatic rings. The number of hydrogen-bond acceptors (Lipinski definition) is 6. The van der Waals surface area contributed by atoms with Gasteiger partial charge >= 0.3 is 6.18 Å². The molecule has 0 amide bonds. The van der Waals surface area contributed by atoms with Gasteiger partial charge in [0.05, 0.1) is 54.8 Å². The molecule has 0 saturated carbocycles. The van der Waals surface area contributed by atoms with Gasteiger partial charge in [-0.25, -0.2) is 0 Å². The standard InChI is InChI=1S/C22H23ClF3N3O4/c1-13(2)18(30)11-29-21(22(24,25)26)15(10-27-29)20-16(12-32-9-8-31-3)19(28-33-20)14-6-4-5-7-17(14)23/h4-7,10,18,30H,1,8-9,11-12H2,2-3H3/t18-/m1/s1. The predicted molar refractivity (Wildman–Crippen MR) is 116 cm³/mol. The molecule has 0 bridgehead atoms. The molecular weight excluding hydrogens is 463 g/mol.